The molecule has 0 radical (unpaired) electrons. The number of carbonyl (C=O) groups excluding carboxylic acids is 1. The van der Waals surface area contributed by atoms with E-state index in [0.29, 0.717) is 35.3 Å². The van der Waals surface area contributed by atoms with E-state index in [0.717, 1.165) is 0 Å². The summed E-state index contributed by atoms with van der Waals surface area (Å²) in [5.41, 5.74) is 0.812. The second kappa shape index (κ2) is 5.34. The Morgan fingerprint density at radius 3 is 2.75 bits per heavy atom. The van der Waals surface area contributed by atoms with Crippen LogP contribution in [0.4, 0.5) is 0 Å². The molecular weight excluding hydrogens is 280 g/mol. The molecule has 0 aliphatic carbocycles. The summed E-state index contributed by atoms with van der Waals surface area (Å²) in [6.45, 7) is 1.17. The third-order valence-corrected chi connectivity index (χ3v) is 3.07. The quantitative estimate of drug-likeness (QED) is 0.686. The first-order valence-corrected chi connectivity index (χ1v) is 6.40. The summed E-state index contributed by atoms with van der Waals surface area (Å²) in [5, 5.41) is 7.61. The highest BCUT2D eigenvalue weighted by Crippen LogP contribution is 2.19. The van der Waals surface area contributed by atoms with Crippen LogP contribution in [0.25, 0.3) is 5.70 Å². The molecule has 6 nitrogen and oxygen atoms in total. The number of carbonyl (C=O) groups is 1. The highest BCUT2D eigenvalue weighted by Gasteiger charge is 2.24. The van der Waals surface area contributed by atoms with Crippen LogP contribution in [-0.2, 0) is 4.74 Å². The monoisotopic (exact) mass is 290 g/mol. The van der Waals surface area contributed by atoms with Gasteiger partial charge >= 0.3 is 0 Å². The zero-order chi connectivity index (χ0) is 13.9. The van der Waals surface area contributed by atoms with Crippen molar-refractivity contribution < 1.29 is 9.53 Å². The Labute approximate surface area is 120 Å². The number of ketones is 1. The average molecular weight is 291 g/mol. The van der Waals surface area contributed by atoms with E-state index in [-0.39, 0.29) is 5.78 Å². The number of ether oxygens (including phenoxy) is 1. The molecular formula is C13H11ClN4O2. The molecule has 1 aromatic carbocycles. The molecule has 0 bridgehead atoms. The van der Waals surface area contributed by atoms with Gasteiger partial charge in [0.05, 0.1) is 6.54 Å². The number of hydrogen-bond acceptors (Lipinski definition) is 5. The SMILES string of the molecule is O=C(/C(=C1/NCCO1)n1cncn1)c1ccc(Cl)cc1. The van der Waals surface area contributed by atoms with Gasteiger partial charge in [-0.3, -0.25) is 4.79 Å². The van der Waals surface area contributed by atoms with E-state index < -0.39 is 0 Å². The maximum absolute atomic E-state index is 12.6. The molecule has 1 saturated heterocycles. The number of hydrogen-bond donors (Lipinski definition) is 1. The fourth-order valence-corrected chi connectivity index (χ4v) is 2.02. The lowest BCUT2D eigenvalue weighted by Gasteiger charge is -2.09. The molecule has 1 aliphatic heterocycles. The second-order valence-electron chi connectivity index (χ2n) is 4.13. The summed E-state index contributed by atoms with van der Waals surface area (Å²) in [6.07, 6.45) is 2.82. The van der Waals surface area contributed by atoms with Gasteiger partial charge in [0.1, 0.15) is 19.3 Å². The van der Waals surface area contributed by atoms with Gasteiger partial charge in [0.25, 0.3) is 0 Å². The van der Waals surface area contributed by atoms with Crippen LogP contribution in [0.5, 0.6) is 0 Å². The molecule has 1 aromatic heterocycles. The Balaban J connectivity index is 2.04. The van der Waals surface area contributed by atoms with Gasteiger partial charge in [-0.05, 0) is 24.3 Å². The van der Waals surface area contributed by atoms with E-state index in [1.165, 1.54) is 17.3 Å². The Kier molecular flexibility index (Phi) is 3.39. The Hall–Kier alpha value is -2.34. The Morgan fingerprint density at radius 2 is 2.15 bits per heavy atom. The molecule has 20 heavy (non-hydrogen) atoms. The number of nitrogens with zero attached hydrogens (tertiary/aromatic N) is 3. The van der Waals surface area contributed by atoms with Crippen LogP contribution in [-0.4, -0.2) is 33.7 Å². The summed E-state index contributed by atoms with van der Waals surface area (Å²) in [6, 6.07) is 6.66. The normalized spacial score (nSPS) is 16.4. The molecule has 0 unspecified atom stereocenters. The minimum atomic E-state index is -0.212. The van der Waals surface area contributed by atoms with E-state index in [4.69, 9.17) is 16.3 Å². The standard InChI is InChI=1S/C13H11ClN4O2/c14-10-3-1-9(2-4-10)12(19)11(13-16-5-6-20-13)18-8-15-7-17-18/h1-4,7-8,16H,5-6H2/b13-11+. The highest BCUT2D eigenvalue weighted by molar-refractivity contribution is 6.31. The fraction of sp³-hybridized carbons (Fsp3) is 0.154. The van der Waals surface area contributed by atoms with Gasteiger partial charge in [0.2, 0.25) is 11.7 Å². The smallest absolute Gasteiger partial charge is 0.217 e. The topological polar surface area (TPSA) is 69.0 Å². The molecule has 0 amide bonds. The van der Waals surface area contributed by atoms with Crippen molar-refractivity contribution in [2.24, 2.45) is 0 Å². The predicted molar refractivity (Wildman–Crippen MR) is 73.0 cm³/mol. The second-order valence-corrected chi connectivity index (χ2v) is 4.57. The molecule has 2 aromatic rings. The van der Waals surface area contributed by atoms with Crippen molar-refractivity contribution in [3.8, 4) is 0 Å². The van der Waals surface area contributed by atoms with Crippen LogP contribution in [0, 0.1) is 0 Å². The van der Waals surface area contributed by atoms with E-state index in [1.807, 2.05) is 0 Å². The summed E-state index contributed by atoms with van der Waals surface area (Å²) < 4.78 is 6.83. The number of allylic oxidation sites excluding steroid dienone is 1. The molecule has 0 saturated carbocycles. The highest BCUT2D eigenvalue weighted by atomic mass is 35.5. The van der Waals surface area contributed by atoms with Crippen molar-refractivity contribution in [2.75, 3.05) is 13.2 Å². The molecule has 3 rings (SSSR count). The van der Waals surface area contributed by atoms with Gasteiger partial charge in [-0.25, -0.2) is 9.67 Å². The van der Waals surface area contributed by atoms with Gasteiger partial charge < -0.3 is 10.1 Å². The van der Waals surface area contributed by atoms with Gasteiger partial charge in [0.15, 0.2) is 5.70 Å². The molecule has 2 heterocycles. The van der Waals surface area contributed by atoms with E-state index in [1.54, 1.807) is 24.3 Å². The molecule has 1 aliphatic rings. The van der Waals surface area contributed by atoms with Crippen LogP contribution < -0.4 is 5.32 Å². The Morgan fingerprint density at radius 1 is 1.35 bits per heavy atom. The van der Waals surface area contributed by atoms with Gasteiger partial charge in [-0.15, -0.1) is 0 Å². The van der Waals surface area contributed by atoms with Crippen molar-refractivity contribution >= 4 is 23.1 Å². The van der Waals surface area contributed by atoms with Crippen LogP contribution in [0.3, 0.4) is 0 Å². The number of nitrogens with one attached hydrogen (secondary N) is 1. The van der Waals surface area contributed by atoms with Crippen molar-refractivity contribution in [3.05, 3.63) is 53.4 Å². The van der Waals surface area contributed by atoms with Crippen molar-refractivity contribution in [2.45, 2.75) is 0 Å². The zero-order valence-corrected chi connectivity index (χ0v) is 11.2. The first kappa shape index (κ1) is 12.7. The molecule has 1 fully saturated rings. The lowest BCUT2D eigenvalue weighted by atomic mass is 10.1. The van der Waals surface area contributed by atoms with Crippen molar-refractivity contribution in [3.63, 3.8) is 0 Å². The molecule has 0 atom stereocenters. The maximum Gasteiger partial charge on any atom is 0.217 e. The molecule has 102 valence electrons. The lowest BCUT2D eigenvalue weighted by Crippen LogP contribution is -2.18. The van der Waals surface area contributed by atoms with Crippen LogP contribution in [0.1, 0.15) is 10.4 Å². The largest absolute Gasteiger partial charge is 0.476 e. The van der Waals surface area contributed by atoms with Crippen LogP contribution >= 0.6 is 11.6 Å². The van der Waals surface area contributed by atoms with Gasteiger partial charge in [0, 0.05) is 10.6 Å². The maximum atomic E-state index is 12.6. The summed E-state index contributed by atoms with van der Waals surface area (Å²) in [7, 11) is 0. The van der Waals surface area contributed by atoms with Crippen LogP contribution in [0.15, 0.2) is 42.8 Å². The number of Topliss-reactive ketones (excluding diaryl/α,β-unsaturated/α-hetero) is 1. The van der Waals surface area contributed by atoms with Crippen molar-refractivity contribution in [1.82, 2.24) is 20.1 Å². The van der Waals surface area contributed by atoms with Gasteiger partial charge in [-0.2, -0.15) is 5.10 Å². The van der Waals surface area contributed by atoms with E-state index >= 15 is 0 Å². The minimum absolute atomic E-state index is 0.212. The minimum Gasteiger partial charge on any atom is -0.476 e. The first-order valence-electron chi connectivity index (χ1n) is 6.02. The average Bonchev–Trinajstić information content (AvgIpc) is 3.13. The van der Waals surface area contributed by atoms with E-state index in [2.05, 4.69) is 15.4 Å². The summed E-state index contributed by atoms with van der Waals surface area (Å²) in [4.78, 5) is 16.5. The fourth-order valence-electron chi connectivity index (χ4n) is 1.89. The van der Waals surface area contributed by atoms with Crippen LogP contribution in [0.2, 0.25) is 5.02 Å². The summed E-state index contributed by atoms with van der Waals surface area (Å²) >= 11 is 5.83. The van der Waals surface area contributed by atoms with E-state index in [9.17, 15) is 4.79 Å². The first-order chi connectivity index (χ1) is 9.75. The lowest BCUT2D eigenvalue weighted by molar-refractivity contribution is 0.104. The predicted octanol–water partition coefficient (Wildman–Crippen LogP) is 1.56. The van der Waals surface area contributed by atoms with Gasteiger partial charge in [-0.1, -0.05) is 11.6 Å². The molecule has 1 N–H and O–H groups in total. The summed E-state index contributed by atoms with van der Waals surface area (Å²) in [5.74, 6) is 0.201. The third kappa shape index (κ3) is 2.37. The number of halogens is 1. The molecule has 7 heteroatoms. The number of aromatic nitrogens is 3. The number of benzene rings is 1. The Bertz CT molecular complexity index is 642. The van der Waals surface area contributed by atoms with Crippen molar-refractivity contribution in [1.29, 1.82) is 0 Å². The number of rotatable bonds is 3. The third-order valence-electron chi connectivity index (χ3n) is 2.82. The zero-order valence-electron chi connectivity index (χ0n) is 10.4. The molecule has 0 spiro atoms.